The van der Waals surface area contributed by atoms with Crippen molar-refractivity contribution in [1.82, 2.24) is 5.32 Å². The van der Waals surface area contributed by atoms with Gasteiger partial charge in [0.05, 0.1) is 37.1 Å². The number of nitrogens with one attached hydrogen (secondary N) is 1. The molecular weight excluding hydrogens is 424 g/mol. The van der Waals surface area contributed by atoms with Crippen LogP contribution in [0.25, 0.3) is 0 Å². The number of ether oxygens (including phenoxy) is 4. The van der Waals surface area contributed by atoms with Crippen LogP contribution >= 0.6 is 0 Å². The zero-order valence-corrected chi connectivity index (χ0v) is 20.4. The Labute approximate surface area is 196 Å². The van der Waals surface area contributed by atoms with Crippen molar-refractivity contribution in [2.45, 2.75) is 96.5 Å². The first-order valence-corrected chi connectivity index (χ1v) is 11.9. The molecule has 184 valence electrons. The average Bonchev–Trinajstić information content (AvgIpc) is 3.49. The summed E-state index contributed by atoms with van der Waals surface area (Å²) in [6.07, 6.45) is 9.89. The Bertz CT molecular complexity index is 788. The molecule has 33 heavy (non-hydrogen) atoms. The summed E-state index contributed by atoms with van der Waals surface area (Å²) in [5.74, 6) is -0.291. The van der Waals surface area contributed by atoms with E-state index in [0.717, 1.165) is 37.9 Å². The number of hydrogen-bond donors (Lipinski definition) is 1. The molecule has 8 heteroatoms. The summed E-state index contributed by atoms with van der Waals surface area (Å²) in [6.45, 7) is 10.8. The minimum absolute atomic E-state index is 0.0295. The van der Waals surface area contributed by atoms with E-state index in [1.807, 2.05) is 20.1 Å². The number of rotatable bonds is 8. The second kappa shape index (κ2) is 11.4. The second-order valence-corrected chi connectivity index (χ2v) is 9.59. The van der Waals surface area contributed by atoms with Crippen LogP contribution in [0.2, 0.25) is 0 Å². The molecule has 3 heterocycles. The van der Waals surface area contributed by atoms with Crippen molar-refractivity contribution in [3.05, 3.63) is 23.8 Å². The van der Waals surface area contributed by atoms with Gasteiger partial charge in [-0.1, -0.05) is 13.0 Å². The maximum atomic E-state index is 12.3. The number of carbonyl (C=O) groups excluding carboxylic acids is 2. The Kier molecular flexibility index (Phi) is 8.84. The van der Waals surface area contributed by atoms with Gasteiger partial charge in [0.2, 0.25) is 5.91 Å². The zero-order valence-electron chi connectivity index (χ0n) is 20.4. The van der Waals surface area contributed by atoms with Gasteiger partial charge in [-0.2, -0.15) is 0 Å². The Morgan fingerprint density at radius 1 is 1.30 bits per heavy atom. The van der Waals surface area contributed by atoms with E-state index in [4.69, 9.17) is 18.9 Å². The number of allylic oxidation sites excluding steroid dienone is 1. The van der Waals surface area contributed by atoms with Crippen LogP contribution in [0.1, 0.15) is 60.3 Å². The molecule has 3 saturated heterocycles. The Balaban J connectivity index is 1.43. The monoisotopic (exact) mass is 462 g/mol. The maximum Gasteiger partial charge on any atom is 0.303 e. The average molecular weight is 463 g/mol. The molecule has 1 spiro atoms. The van der Waals surface area contributed by atoms with Crippen LogP contribution in [0, 0.1) is 5.92 Å². The van der Waals surface area contributed by atoms with Gasteiger partial charge in [-0.15, -0.1) is 0 Å². The highest BCUT2D eigenvalue weighted by Crippen LogP contribution is 2.39. The Morgan fingerprint density at radius 3 is 2.76 bits per heavy atom. The minimum Gasteiger partial charge on any atom is -0.459 e. The van der Waals surface area contributed by atoms with E-state index in [9.17, 15) is 9.59 Å². The summed E-state index contributed by atoms with van der Waals surface area (Å²) in [5, 5.41) is 3.01. The van der Waals surface area contributed by atoms with E-state index in [-0.39, 0.29) is 42.0 Å². The van der Waals surface area contributed by atoms with Crippen LogP contribution in [0.5, 0.6) is 0 Å². The third kappa shape index (κ3) is 8.05. The first kappa shape index (κ1) is 25.6. The molecule has 0 radical (unpaired) electrons. The lowest BCUT2D eigenvalue weighted by Gasteiger charge is -2.39. The molecule has 3 aliphatic rings. The molecule has 1 N–H and O–H groups in total. The standard InChI is InChI=1S/C25H38N2O6/c1-16(14-26-24-13-25(15-31-25)10-11-30-24)6-8-22-17(2)12-21(19(4)33-22)27-23(29)9-7-18(3)32-20(5)28/h6-7,9,14,17-19,21-22,24H,8,10-13,15H2,1-5H3,(H,27,29)/b9-7-,16-6+,26-14+. The van der Waals surface area contributed by atoms with Crippen LogP contribution < -0.4 is 5.32 Å². The summed E-state index contributed by atoms with van der Waals surface area (Å²) in [7, 11) is 0. The molecule has 0 bridgehead atoms. The first-order valence-electron chi connectivity index (χ1n) is 11.9. The SMILES string of the molecule is CC(=O)OC(C)/C=C\C(=O)NC1CC(C)C(C/C=C(C)/C=N/C2CC3(CCO2)CO3)OC1C. The van der Waals surface area contributed by atoms with Crippen LogP contribution in [0.15, 0.2) is 28.8 Å². The fourth-order valence-corrected chi connectivity index (χ4v) is 4.34. The molecule has 3 fully saturated rings. The molecule has 0 aromatic carbocycles. The topological polar surface area (TPSA) is 98.8 Å². The molecule has 7 unspecified atom stereocenters. The minimum atomic E-state index is -0.442. The third-order valence-electron chi connectivity index (χ3n) is 6.50. The lowest BCUT2D eigenvalue weighted by Crippen LogP contribution is -2.50. The molecule has 0 aliphatic carbocycles. The highest BCUT2D eigenvalue weighted by atomic mass is 16.6. The van der Waals surface area contributed by atoms with Gasteiger partial charge in [0.25, 0.3) is 0 Å². The molecule has 1 amide bonds. The van der Waals surface area contributed by atoms with Crippen molar-refractivity contribution in [2.24, 2.45) is 10.9 Å². The van der Waals surface area contributed by atoms with E-state index >= 15 is 0 Å². The van der Waals surface area contributed by atoms with Gasteiger partial charge in [0, 0.05) is 32.1 Å². The van der Waals surface area contributed by atoms with Crippen LogP contribution in [0.4, 0.5) is 0 Å². The van der Waals surface area contributed by atoms with Crippen molar-refractivity contribution in [2.75, 3.05) is 13.2 Å². The maximum absolute atomic E-state index is 12.3. The van der Waals surface area contributed by atoms with Crippen LogP contribution in [0.3, 0.4) is 0 Å². The predicted octanol–water partition coefficient (Wildman–Crippen LogP) is 3.11. The van der Waals surface area contributed by atoms with Gasteiger partial charge < -0.3 is 24.3 Å². The molecular formula is C25H38N2O6. The van der Waals surface area contributed by atoms with Crippen molar-refractivity contribution in [1.29, 1.82) is 0 Å². The van der Waals surface area contributed by atoms with Crippen LogP contribution in [-0.2, 0) is 28.5 Å². The summed E-state index contributed by atoms with van der Waals surface area (Å²) in [4.78, 5) is 27.8. The number of esters is 1. The molecule has 7 atom stereocenters. The van der Waals surface area contributed by atoms with Gasteiger partial charge in [0.1, 0.15) is 6.10 Å². The van der Waals surface area contributed by atoms with Gasteiger partial charge in [-0.25, -0.2) is 0 Å². The van der Waals surface area contributed by atoms with E-state index in [1.165, 1.54) is 13.0 Å². The summed E-state index contributed by atoms with van der Waals surface area (Å²) >= 11 is 0. The van der Waals surface area contributed by atoms with Crippen molar-refractivity contribution >= 4 is 18.1 Å². The van der Waals surface area contributed by atoms with E-state index in [0.29, 0.717) is 12.5 Å². The number of aliphatic imine (C=N–C) groups is 1. The third-order valence-corrected chi connectivity index (χ3v) is 6.50. The number of amides is 1. The summed E-state index contributed by atoms with van der Waals surface area (Å²) < 4.78 is 22.5. The molecule has 3 rings (SSSR count). The lowest BCUT2D eigenvalue weighted by atomic mass is 9.88. The van der Waals surface area contributed by atoms with Gasteiger partial charge in [-0.05, 0) is 51.2 Å². The fraction of sp³-hybridized carbons (Fsp3) is 0.720. The van der Waals surface area contributed by atoms with Crippen molar-refractivity contribution in [3.8, 4) is 0 Å². The Hall–Kier alpha value is -2.03. The van der Waals surface area contributed by atoms with Crippen molar-refractivity contribution < 1.29 is 28.5 Å². The quantitative estimate of drug-likeness (QED) is 0.258. The largest absolute Gasteiger partial charge is 0.459 e. The molecule has 0 aromatic heterocycles. The van der Waals surface area contributed by atoms with E-state index in [1.54, 1.807) is 13.0 Å². The highest BCUT2D eigenvalue weighted by Gasteiger charge is 2.48. The molecule has 0 saturated carbocycles. The molecule has 3 aliphatic heterocycles. The van der Waals surface area contributed by atoms with Gasteiger partial charge in [-0.3, -0.25) is 14.6 Å². The number of carbonyl (C=O) groups is 2. The smallest absolute Gasteiger partial charge is 0.303 e. The van der Waals surface area contributed by atoms with Crippen molar-refractivity contribution in [3.63, 3.8) is 0 Å². The first-order chi connectivity index (χ1) is 15.7. The second-order valence-electron chi connectivity index (χ2n) is 9.59. The summed E-state index contributed by atoms with van der Waals surface area (Å²) in [6, 6.07) is -0.0653. The van der Waals surface area contributed by atoms with Gasteiger partial charge in [0.15, 0.2) is 6.23 Å². The lowest BCUT2D eigenvalue weighted by molar-refractivity contribution is -0.143. The highest BCUT2D eigenvalue weighted by molar-refractivity contribution is 5.87. The van der Waals surface area contributed by atoms with Crippen LogP contribution in [-0.4, -0.2) is 67.5 Å². The number of nitrogens with zero attached hydrogens (tertiary/aromatic N) is 1. The number of hydrogen-bond acceptors (Lipinski definition) is 7. The summed E-state index contributed by atoms with van der Waals surface area (Å²) in [5.41, 5.74) is 1.11. The fourth-order valence-electron chi connectivity index (χ4n) is 4.34. The predicted molar refractivity (Wildman–Crippen MR) is 125 cm³/mol. The molecule has 8 nitrogen and oxygen atoms in total. The van der Waals surface area contributed by atoms with Gasteiger partial charge >= 0.3 is 5.97 Å². The molecule has 0 aromatic rings. The van der Waals surface area contributed by atoms with E-state index < -0.39 is 6.10 Å². The normalized spacial score (nSPS) is 35.7. The Morgan fingerprint density at radius 2 is 2.06 bits per heavy atom. The number of epoxide rings is 1. The zero-order chi connectivity index (χ0) is 24.0. The van der Waals surface area contributed by atoms with E-state index in [2.05, 4.69) is 23.3 Å².